The normalized spacial score (nSPS) is 33.2. The van der Waals surface area contributed by atoms with Gasteiger partial charge in [0.25, 0.3) is 0 Å². The Balaban J connectivity index is 1.50. The van der Waals surface area contributed by atoms with E-state index in [9.17, 15) is 0 Å². The summed E-state index contributed by atoms with van der Waals surface area (Å²) in [6.45, 7) is 5.37. The van der Waals surface area contributed by atoms with Gasteiger partial charge in [0.2, 0.25) is 0 Å². The first-order valence-corrected chi connectivity index (χ1v) is 8.56. The van der Waals surface area contributed by atoms with E-state index in [0.717, 1.165) is 26.2 Å². The van der Waals surface area contributed by atoms with Crippen LogP contribution in [0, 0.1) is 0 Å². The molecule has 1 N–H and O–H groups in total. The fourth-order valence-electron chi connectivity index (χ4n) is 4.43. The summed E-state index contributed by atoms with van der Waals surface area (Å²) in [7, 11) is 0. The molecule has 3 heteroatoms. The highest BCUT2D eigenvalue weighted by Gasteiger charge is 2.35. The average Bonchev–Trinajstić information content (AvgIpc) is 2.56. The Hall–Kier alpha value is -0.900. The lowest BCUT2D eigenvalue weighted by Crippen LogP contribution is -2.54. The Kier molecular flexibility index (Phi) is 3.97. The highest BCUT2D eigenvalue weighted by molar-refractivity contribution is 5.33. The maximum Gasteiger partial charge on any atom is 0.0730 e. The van der Waals surface area contributed by atoms with Gasteiger partial charge in [-0.1, -0.05) is 37.1 Å². The van der Waals surface area contributed by atoms with Crippen LogP contribution < -0.4 is 5.32 Å². The second-order valence-electron chi connectivity index (χ2n) is 6.78. The van der Waals surface area contributed by atoms with Gasteiger partial charge in [-0.25, -0.2) is 0 Å². The van der Waals surface area contributed by atoms with E-state index in [1.807, 2.05) is 0 Å². The van der Waals surface area contributed by atoms with Crippen molar-refractivity contribution in [2.24, 2.45) is 0 Å². The van der Waals surface area contributed by atoms with Crippen LogP contribution in [-0.2, 0) is 11.3 Å². The van der Waals surface area contributed by atoms with Crippen LogP contribution in [0.15, 0.2) is 24.3 Å². The molecule has 0 amide bonds. The number of fused-ring (bicyclic) bond motifs is 2. The van der Waals surface area contributed by atoms with Crippen molar-refractivity contribution in [3.8, 4) is 0 Å². The topological polar surface area (TPSA) is 24.5 Å². The molecule has 0 spiro atoms. The number of benzene rings is 1. The van der Waals surface area contributed by atoms with Gasteiger partial charge in [-0.05, 0) is 24.0 Å². The third kappa shape index (κ3) is 2.75. The second-order valence-corrected chi connectivity index (χ2v) is 6.78. The standard InChI is InChI=1S/C18H26N2O/c1-2-6-16-14(5-1)11-19-12-15(16)13-20-9-10-21-18-8-4-3-7-17(18)20/h1-2,5-6,15,17-19H,3-4,7-13H2. The predicted molar refractivity (Wildman–Crippen MR) is 84.5 cm³/mol. The molecule has 4 rings (SSSR count). The third-order valence-corrected chi connectivity index (χ3v) is 5.50. The summed E-state index contributed by atoms with van der Waals surface area (Å²) in [5.41, 5.74) is 3.05. The summed E-state index contributed by atoms with van der Waals surface area (Å²) in [4.78, 5) is 2.72. The van der Waals surface area contributed by atoms with Crippen molar-refractivity contribution in [2.45, 2.75) is 50.3 Å². The van der Waals surface area contributed by atoms with Gasteiger partial charge in [-0.2, -0.15) is 0 Å². The van der Waals surface area contributed by atoms with Gasteiger partial charge in [0, 0.05) is 38.1 Å². The molecule has 3 unspecified atom stereocenters. The van der Waals surface area contributed by atoms with Crippen LogP contribution >= 0.6 is 0 Å². The summed E-state index contributed by atoms with van der Waals surface area (Å²) in [5, 5.41) is 3.59. The average molecular weight is 286 g/mol. The minimum Gasteiger partial charge on any atom is -0.375 e. The molecule has 1 aromatic carbocycles. The molecule has 0 bridgehead atoms. The maximum atomic E-state index is 6.01. The summed E-state index contributed by atoms with van der Waals surface area (Å²) in [5.74, 6) is 0.635. The highest BCUT2D eigenvalue weighted by Crippen LogP contribution is 2.31. The number of hydrogen-bond acceptors (Lipinski definition) is 3. The van der Waals surface area contributed by atoms with Gasteiger partial charge in [0.1, 0.15) is 0 Å². The first kappa shape index (κ1) is 13.7. The number of nitrogens with zero attached hydrogens (tertiary/aromatic N) is 1. The van der Waals surface area contributed by atoms with Crippen molar-refractivity contribution in [1.82, 2.24) is 10.2 Å². The molecule has 1 saturated heterocycles. The zero-order valence-corrected chi connectivity index (χ0v) is 12.8. The molecule has 2 fully saturated rings. The number of nitrogens with one attached hydrogen (secondary N) is 1. The van der Waals surface area contributed by atoms with E-state index in [4.69, 9.17) is 4.74 Å². The SMILES string of the molecule is c1ccc2c(c1)CNCC2CN1CCOC2CCCCC21. The highest BCUT2D eigenvalue weighted by atomic mass is 16.5. The van der Waals surface area contributed by atoms with E-state index in [1.54, 1.807) is 5.56 Å². The van der Waals surface area contributed by atoms with E-state index < -0.39 is 0 Å². The smallest absolute Gasteiger partial charge is 0.0730 e. The molecule has 1 aromatic rings. The largest absolute Gasteiger partial charge is 0.375 e. The zero-order chi connectivity index (χ0) is 14.1. The van der Waals surface area contributed by atoms with Gasteiger partial charge in [0.05, 0.1) is 12.7 Å². The van der Waals surface area contributed by atoms with Crippen molar-refractivity contribution in [2.75, 3.05) is 26.2 Å². The molecule has 21 heavy (non-hydrogen) atoms. The summed E-state index contributed by atoms with van der Waals surface area (Å²) in [6, 6.07) is 9.63. The lowest BCUT2D eigenvalue weighted by molar-refractivity contribution is -0.0896. The molecule has 1 aliphatic carbocycles. The number of ether oxygens (including phenoxy) is 1. The van der Waals surface area contributed by atoms with Gasteiger partial charge in [-0.3, -0.25) is 4.90 Å². The zero-order valence-electron chi connectivity index (χ0n) is 12.8. The van der Waals surface area contributed by atoms with E-state index in [2.05, 4.69) is 34.5 Å². The van der Waals surface area contributed by atoms with Crippen molar-refractivity contribution < 1.29 is 4.74 Å². The quantitative estimate of drug-likeness (QED) is 0.904. The summed E-state index contributed by atoms with van der Waals surface area (Å²) in [6.07, 6.45) is 5.82. The number of hydrogen-bond donors (Lipinski definition) is 1. The molecule has 0 radical (unpaired) electrons. The molecule has 114 valence electrons. The summed E-state index contributed by atoms with van der Waals surface area (Å²) >= 11 is 0. The van der Waals surface area contributed by atoms with E-state index >= 15 is 0 Å². The molecule has 3 aliphatic rings. The minimum absolute atomic E-state index is 0.499. The van der Waals surface area contributed by atoms with E-state index in [1.165, 1.54) is 37.8 Å². The van der Waals surface area contributed by atoms with Crippen molar-refractivity contribution in [1.29, 1.82) is 0 Å². The molecular weight excluding hydrogens is 260 g/mol. The summed E-state index contributed by atoms with van der Waals surface area (Å²) < 4.78 is 6.01. The fraction of sp³-hybridized carbons (Fsp3) is 0.667. The third-order valence-electron chi connectivity index (χ3n) is 5.50. The minimum atomic E-state index is 0.499. The molecule has 0 aromatic heterocycles. The Morgan fingerprint density at radius 1 is 1.19 bits per heavy atom. The first-order chi connectivity index (χ1) is 10.4. The van der Waals surface area contributed by atoms with Crippen molar-refractivity contribution >= 4 is 0 Å². The fourth-order valence-corrected chi connectivity index (χ4v) is 4.43. The lowest BCUT2D eigenvalue weighted by atomic mass is 9.87. The van der Waals surface area contributed by atoms with Gasteiger partial charge in [0.15, 0.2) is 0 Å². The monoisotopic (exact) mass is 286 g/mol. The Labute approximate surface area is 127 Å². The van der Waals surface area contributed by atoms with Crippen molar-refractivity contribution in [3.05, 3.63) is 35.4 Å². The van der Waals surface area contributed by atoms with E-state index in [0.29, 0.717) is 18.1 Å². The number of rotatable bonds is 2. The second kappa shape index (κ2) is 6.07. The van der Waals surface area contributed by atoms with Crippen LogP contribution in [0.4, 0.5) is 0 Å². The molecule has 1 saturated carbocycles. The Bertz CT molecular complexity index is 488. The van der Waals surface area contributed by atoms with Gasteiger partial charge in [-0.15, -0.1) is 0 Å². The Morgan fingerprint density at radius 3 is 3.10 bits per heavy atom. The van der Waals surface area contributed by atoms with Gasteiger partial charge >= 0.3 is 0 Å². The molecule has 2 aliphatic heterocycles. The van der Waals surface area contributed by atoms with Crippen LogP contribution in [0.3, 0.4) is 0 Å². The van der Waals surface area contributed by atoms with E-state index in [-0.39, 0.29) is 0 Å². The van der Waals surface area contributed by atoms with Crippen LogP contribution in [0.1, 0.15) is 42.7 Å². The first-order valence-electron chi connectivity index (χ1n) is 8.56. The molecular formula is C18H26N2O. The van der Waals surface area contributed by atoms with Crippen molar-refractivity contribution in [3.63, 3.8) is 0 Å². The van der Waals surface area contributed by atoms with Crippen LogP contribution in [0.5, 0.6) is 0 Å². The molecule has 2 heterocycles. The molecule has 3 atom stereocenters. The maximum absolute atomic E-state index is 6.01. The van der Waals surface area contributed by atoms with Gasteiger partial charge < -0.3 is 10.1 Å². The lowest BCUT2D eigenvalue weighted by Gasteiger charge is -2.45. The van der Waals surface area contributed by atoms with Crippen LogP contribution in [-0.4, -0.2) is 43.3 Å². The number of morpholine rings is 1. The van der Waals surface area contributed by atoms with Crippen LogP contribution in [0.25, 0.3) is 0 Å². The Morgan fingerprint density at radius 2 is 2.10 bits per heavy atom. The molecule has 3 nitrogen and oxygen atoms in total. The predicted octanol–water partition coefficient (Wildman–Crippen LogP) is 2.52. The van der Waals surface area contributed by atoms with Crippen LogP contribution in [0.2, 0.25) is 0 Å².